The molecule has 0 unspecified atom stereocenters. The zero-order chi connectivity index (χ0) is 13.4. The fourth-order valence-electron chi connectivity index (χ4n) is 1.53. The molecule has 0 atom stereocenters. The van der Waals surface area contributed by atoms with E-state index in [1.807, 2.05) is 18.2 Å². The van der Waals surface area contributed by atoms with Crippen LogP contribution in [0.5, 0.6) is 11.5 Å². The summed E-state index contributed by atoms with van der Waals surface area (Å²) in [6.45, 7) is 3.73. The van der Waals surface area contributed by atoms with Gasteiger partial charge in [-0.2, -0.15) is 5.26 Å². The second kappa shape index (κ2) is 7.80. The first-order valence-corrected chi connectivity index (χ1v) is 6.17. The van der Waals surface area contributed by atoms with Crippen molar-refractivity contribution >= 4 is 11.6 Å². The highest BCUT2D eigenvalue weighted by Gasteiger charge is 2.11. The molecule has 1 aromatic carbocycles. The Kier molecular flexibility index (Phi) is 6.34. The van der Waals surface area contributed by atoms with Crippen molar-refractivity contribution in [3.8, 4) is 17.6 Å². The fraction of sp³-hybridized carbons (Fsp3) is 0.462. The first kappa shape index (κ1) is 14.6. The number of benzene rings is 1. The van der Waals surface area contributed by atoms with Crippen molar-refractivity contribution in [3.63, 3.8) is 0 Å². The molecule has 1 N–H and O–H groups in total. The lowest BCUT2D eigenvalue weighted by Crippen LogP contribution is -2.14. The number of nitriles is 1. The van der Waals surface area contributed by atoms with Crippen LogP contribution in [0.15, 0.2) is 12.1 Å². The maximum absolute atomic E-state index is 8.51. The van der Waals surface area contributed by atoms with Crippen LogP contribution in [0.2, 0.25) is 5.02 Å². The van der Waals surface area contributed by atoms with Gasteiger partial charge < -0.3 is 14.8 Å². The standard InChI is InChI=1S/C13H17ClN2O2/c1-3-5-16-9-10-7-11(14)13(18-6-4-15)12(8-10)17-2/h7-8,16H,3,5-6,9H2,1-2H3. The third-order valence-corrected chi connectivity index (χ3v) is 2.61. The summed E-state index contributed by atoms with van der Waals surface area (Å²) in [5.74, 6) is 0.964. The maximum Gasteiger partial charge on any atom is 0.181 e. The number of nitrogens with zero attached hydrogens (tertiary/aromatic N) is 1. The lowest BCUT2D eigenvalue weighted by atomic mass is 10.2. The highest BCUT2D eigenvalue weighted by Crippen LogP contribution is 2.36. The van der Waals surface area contributed by atoms with E-state index in [-0.39, 0.29) is 6.61 Å². The van der Waals surface area contributed by atoms with E-state index < -0.39 is 0 Å². The van der Waals surface area contributed by atoms with Gasteiger partial charge in [0, 0.05) is 6.54 Å². The van der Waals surface area contributed by atoms with Crippen LogP contribution in [-0.2, 0) is 6.54 Å². The smallest absolute Gasteiger partial charge is 0.181 e. The Balaban J connectivity index is 2.85. The zero-order valence-electron chi connectivity index (χ0n) is 10.6. The Hall–Kier alpha value is -1.44. The van der Waals surface area contributed by atoms with Gasteiger partial charge in [-0.15, -0.1) is 0 Å². The molecular weight excluding hydrogens is 252 g/mol. The van der Waals surface area contributed by atoms with Crippen molar-refractivity contribution in [1.29, 1.82) is 5.26 Å². The molecule has 0 fully saturated rings. The summed E-state index contributed by atoms with van der Waals surface area (Å²) < 4.78 is 10.5. The summed E-state index contributed by atoms with van der Waals surface area (Å²) in [7, 11) is 1.55. The lowest BCUT2D eigenvalue weighted by molar-refractivity contribution is 0.329. The molecule has 18 heavy (non-hydrogen) atoms. The highest BCUT2D eigenvalue weighted by atomic mass is 35.5. The topological polar surface area (TPSA) is 54.3 Å². The van der Waals surface area contributed by atoms with E-state index in [9.17, 15) is 0 Å². The Bertz CT molecular complexity index is 430. The third-order valence-electron chi connectivity index (χ3n) is 2.33. The monoisotopic (exact) mass is 268 g/mol. The van der Waals surface area contributed by atoms with Gasteiger partial charge in [0.15, 0.2) is 18.1 Å². The van der Waals surface area contributed by atoms with Gasteiger partial charge in [0.2, 0.25) is 0 Å². The average molecular weight is 269 g/mol. The van der Waals surface area contributed by atoms with E-state index in [1.54, 1.807) is 7.11 Å². The van der Waals surface area contributed by atoms with Crippen molar-refractivity contribution in [2.45, 2.75) is 19.9 Å². The molecule has 0 saturated carbocycles. The molecule has 0 aromatic heterocycles. The van der Waals surface area contributed by atoms with Crippen LogP contribution < -0.4 is 14.8 Å². The predicted molar refractivity (Wildman–Crippen MR) is 71.1 cm³/mol. The highest BCUT2D eigenvalue weighted by molar-refractivity contribution is 6.32. The molecule has 1 aromatic rings. The van der Waals surface area contributed by atoms with Crippen LogP contribution in [0.1, 0.15) is 18.9 Å². The van der Waals surface area contributed by atoms with E-state index >= 15 is 0 Å². The largest absolute Gasteiger partial charge is 0.493 e. The average Bonchev–Trinajstić information content (AvgIpc) is 2.37. The summed E-state index contributed by atoms with van der Waals surface area (Å²) in [5, 5.41) is 12.3. The zero-order valence-corrected chi connectivity index (χ0v) is 11.4. The van der Waals surface area contributed by atoms with E-state index in [0.717, 1.165) is 25.1 Å². The van der Waals surface area contributed by atoms with Crippen LogP contribution in [0.3, 0.4) is 0 Å². The van der Waals surface area contributed by atoms with Crippen LogP contribution in [0, 0.1) is 11.3 Å². The normalized spacial score (nSPS) is 9.89. The number of hydrogen-bond donors (Lipinski definition) is 1. The minimum atomic E-state index is -0.0521. The quantitative estimate of drug-likeness (QED) is 0.773. The molecule has 0 radical (unpaired) electrons. The molecule has 98 valence electrons. The van der Waals surface area contributed by atoms with Crippen molar-refractivity contribution in [1.82, 2.24) is 5.32 Å². The van der Waals surface area contributed by atoms with Gasteiger partial charge >= 0.3 is 0 Å². The number of rotatable bonds is 7. The van der Waals surface area contributed by atoms with Crippen molar-refractivity contribution in [2.75, 3.05) is 20.3 Å². The molecule has 0 saturated heterocycles. The SMILES string of the molecule is CCCNCc1cc(Cl)c(OCC#N)c(OC)c1. The van der Waals surface area contributed by atoms with E-state index in [0.29, 0.717) is 16.5 Å². The minimum Gasteiger partial charge on any atom is -0.493 e. The van der Waals surface area contributed by atoms with Crippen LogP contribution >= 0.6 is 11.6 Å². The second-order valence-electron chi connectivity index (χ2n) is 3.73. The number of methoxy groups -OCH3 is 1. The van der Waals surface area contributed by atoms with Crippen molar-refractivity contribution in [2.24, 2.45) is 0 Å². The van der Waals surface area contributed by atoms with Gasteiger partial charge in [-0.1, -0.05) is 18.5 Å². The summed E-state index contributed by atoms with van der Waals surface area (Å²) in [6, 6.07) is 5.58. The van der Waals surface area contributed by atoms with E-state index in [2.05, 4.69) is 12.2 Å². The minimum absolute atomic E-state index is 0.0521. The molecule has 0 aliphatic heterocycles. The fourth-order valence-corrected chi connectivity index (χ4v) is 1.82. The van der Waals surface area contributed by atoms with Crippen molar-refractivity contribution < 1.29 is 9.47 Å². The molecule has 0 aliphatic carbocycles. The van der Waals surface area contributed by atoms with Gasteiger partial charge in [-0.25, -0.2) is 0 Å². The Morgan fingerprint density at radius 1 is 1.44 bits per heavy atom. The summed E-state index contributed by atoms with van der Waals surface area (Å²) in [5.41, 5.74) is 1.02. The molecule has 4 nitrogen and oxygen atoms in total. The summed E-state index contributed by atoms with van der Waals surface area (Å²) >= 11 is 6.12. The van der Waals surface area contributed by atoms with E-state index in [1.165, 1.54) is 0 Å². The number of nitrogens with one attached hydrogen (secondary N) is 1. The number of hydrogen-bond acceptors (Lipinski definition) is 4. The van der Waals surface area contributed by atoms with Crippen LogP contribution in [0.4, 0.5) is 0 Å². The number of ether oxygens (including phenoxy) is 2. The molecule has 0 spiro atoms. The molecule has 5 heteroatoms. The van der Waals surface area contributed by atoms with E-state index in [4.69, 9.17) is 26.3 Å². The molecule has 1 rings (SSSR count). The van der Waals surface area contributed by atoms with Gasteiger partial charge in [-0.3, -0.25) is 0 Å². The third kappa shape index (κ3) is 4.10. The molecule has 0 bridgehead atoms. The van der Waals surface area contributed by atoms with Gasteiger partial charge in [-0.05, 0) is 30.7 Å². The van der Waals surface area contributed by atoms with Crippen molar-refractivity contribution in [3.05, 3.63) is 22.7 Å². The first-order valence-electron chi connectivity index (χ1n) is 5.79. The van der Waals surface area contributed by atoms with Crippen LogP contribution in [-0.4, -0.2) is 20.3 Å². The van der Waals surface area contributed by atoms with Gasteiger partial charge in [0.25, 0.3) is 0 Å². The first-order chi connectivity index (χ1) is 8.72. The Labute approximate surface area is 112 Å². The van der Waals surface area contributed by atoms with Gasteiger partial charge in [0.05, 0.1) is 12.1 Å². The van der Waals surface area contributed by atoms with Gasteiger partial charge in [0.1, 0.15) is 6.07 Å². The van der Waals surface area contributed by atoms with Crippen LogP contribution in [0.25, 0.3) is 0 Å². The molecule has 0 aliphatic rings. The number of halogens is 1. The summed E-state index contributed by atoms with van der Waals surface area (Å²) in [6.07, 6.45) is 1.08. The molecular formula is C13H17ClN2O2. The molecule has 0 amide bonds. The Morgan fingerprint density at radius 2 is 2.22 bits per heavy atom. The Morgan fingerprint density at radius 3 is 2.83 bits per heavy atom. The lowest BCUT2D eigenvalue weighted by Gasteiger charge is -2.12. The summed E-state index contributed by atoms with van der Waals surface area (Å²) in [4.78, 5) is 0. The predicted octanol–water partition coefficient (Wildman–Crippen LogP) is 2.75. The maximum atomic E-state index is 8.51. The molecule has 0 heterocycles. The second-order valence-corrected chi connectivity index (χ2v) is 4.14.